The summed E-state index contributed by atoms with van der Waals surface area (Å²) in [5, 5.41) is 46.8. The van der Waals surface area contributed by atoms with Gasteiger partial charge in [-0.1, -0.05) is 109 Å². The van der Waals surface area contributed by atoms with Gasteiger partial charge in [0.15, 0.2) is 5.84 Å². The highest BCUT2D eigenvalue weighted by Crippen LogP contribution is 2.47. The number of rotatable bonds is 29. The maximum absolute atomic E-state index is 13.1. The molecule has 4 rings (SSSR count). The van der Waals surface area contributed by atoms with Gasteiger partial charge in [-0.25, -0.2) is 9.56 Å². The van der Waals surface area contributed by atoms with E-state index in [-0.39, 0.29) is 19.0 Å². The summed E-state index contributed by atoms with van der Waals surface area (Å²) in [6, 6.07) is 4.83. The van der Waals surface area contributed by atoms with Crippen LogP contribution in [0.4, 0.5) is 0 Å². The molecule has 0 radical (unpaired) electrons. The molecule has 2 unspecified atom stereocenters. The molecule has 0 spiro atoms. The minimum Gasteiger partial charge on any atom is -0.387 e. The van der Waals surface area contributed by atoms with Crippen molar-refractivity contribution in [2.24, 2.45) is 15.8 Å². The monoisotopic (exact) mass is 815 g/mol. The number of phosphoric ester groups is 1. The number of fused-ring (bicyclic) bond motifs is 1. The minimum absolute atomic E-state index is 0.0305. The molecule has 5 N–H and O–H groups in total. The van der Waals surface area contributed by atoms with Crippen molar-refractivity contribution in [1.82, 2.24) is 9.99 Å². The number of amidine groups is 1. The van der Waals surface area contributed by atoms with Gasteiger partial charge in [-0.2, -0.15) is 15.6 Å². The number of unbranched alkanes of at least 4 members (excludes halogenated alkanes) is 15. The van der Waals surface area contributed by atoms with Crippen molar-refractivity contribution < 1.29 is 42.9 Å². The number of aliphatic hydroxyl groups excluding tert-OH is 2. The Morgan fingerprint density at radius 3 is 2.26 bits per heavy atom. The molecule has 316 valence electrons. The number of hydrogen-bond donors (Lipinski definition) is 4. The summed E-state index contributed by atoms with van der Waals surface area (Å²) < 4.78 is 41.3. The molecule has 1 aromatic rings. The van der Waals surface area contributed by atoms with Gasteiger partial charge in [-0.15, -0.1) is 0 Å². The van der Waals surface area contributed by atoms with Gasteiger partial charge in [-0.3, -0.25) is 19.0 Å². The Hall–Kier alpha value is -3.28. The summed E-state index contributed by atoms with van der Waals surface area (Å²) in [5.41, 5.74) is 5.22. The molecule has 0 aliphatic carbocycles. The van der Waals surface area contributed by atoms with E-state index < -0.39 is 57.1 Å². The first-order chi connectivity index (χ1) is 27.6. The molecule has 0 amide bonds. The SMILES string of the molecule is CCCCCCCCCCCCCCCCCCOC[C@H](COP(=O)(O)OC[C@@]1(C#N)O[C@@H](C2CC=C3C(N)=NC=NN32)[C@H](O)[C@@H]1O)OCc1cncc(C#N)c1. The molecule has 0 aromatic carbocycles. The average Bonchev–Trinajstić information content (AvgIpc) is 3.76. The first-order valence-electron chi connectivity index (χ1n) is 20.6. The molecule has 7 atom stereocenters. The first-order valence-corrected chi connectivity index (χ1v) is 22.1. The van der Waals surface area contributed by atoms with E-state index in [2.05, 4.69) is 22.0 Å². The molecule has 0 bridgehead atoms. The van der Waals surface area contributed by atoms with Crippen LogP contribution in [0.2, 0.25) is 0 Å². The third-order valence-electron chi connectivity index (χ3n) is 10.5. The molecule has 3 aliphatic rings. The molecule has 16 nitrogen and oxygen atoms in total. The quantitative estimate of drug-likeness (QED) is 0.0544. The molecule has 0 saturated carbocycles. The third kappa shape index (κ3) is 14.8. The van der Waals surface area contributed by atoms with Crippen molar-refractivity contribution >= 4 is 20.0 Å². The molecule has 1 aromatic heterocycles. The largest absolute Gasteiger partial charge is 0.472 e. The molecular weight excluding hydrogens is 753 g/mol. The van der Waals surface area contributed by atoms with Gasteiger partial charge in [0.1, 0.15) is 49.5 Å². The zero-order valence-electron chi connectivity index (χ0n) is 33.3. The molecule has 57 heavy (non-hydrogen) atoms. The highest BCUT2D eigenvalue weighted by molar-refractivity contribution is 7.47. The van der Waals surface area contributed by atoms with Crippen molar-refractivity contribution in [3.63, 3.8) is 0 Å². The second kappa shape index (κ2) is 24.6. The maximum atomic E-state index is 13.1. The predicted octanol–water partition coefficient (Wildman–Crippen LogP) is 5.91. The molecule has 1 saturated heterocycles. The van der Waals surface area contributed by atoms with Crippen molar-refractivity contribution in [3.05, 3.63) is 41.4 Å². The highest BCUT2D eigenvalue weighted by atomic mass is 31.2. The van der Waals surface area contributed by atoms with E-state index in [1.807, 2.05) is 12.1 Å². The van der Waals surface area contributed by atoms with E-state index in [4.69, 9.17) is 29.0 Å². The van der Waals surface area contributed by atoms with Crippen LogP contribution in [0, 0.1) is 22.7 Å². The van der Waals surface area contributed by atoms with Gasteiger partial charge < -0.3 is 35.1 Å². The Balaban J connectivity index is 1.17. The van der Waals surface area contributed by atoms with Gasteiger partial charge in [-0.05, 0) is 24.5 Å². The topological polar surface area (TPSA) is 238 Å². The lowest BCUT2D eigenvalue weighted by molar-refractivity contribution is -0.0895. The normalized spacial score (nSPS) is 24.4. The molecule has 17 heteroatoms. The van der Waals surface area contributed by atoms with Crippen LogP contribution < -0.4 is 5.73 Å². The van der Waals surface area contributed by atoms with Crippen molar-refractivity contribution in [1.29, 1.82) is 10.5 Å². The zero-order valence-corrected chi connectivity index (χ0v) is 34.2. The molecular formula is C40H62N7O9P. The Labute approximate surface area is 337 Å². The lowest BCUT2D eigenvalue weighted by Crippen LogP contribution is -2.46. The van der Waals surface area contributed by atoms with E-state index in [0.29, 0.717) is 29.9 Å². The van der Waals surface area contributed by atoms with Crippen molar-refractivity contribution in [3.8, 4) is 12.1 Å². The van der Waals surface area contributed by atoms with E-state index in [1.54, 1.807) is 18.3 Å². The number of pyridine rings is 1. The summed E-state index contributed by atoms with van der Waals surface area (Å²) in [4.78, 5) is 18.6. The number of nitriles is 2. The number of aliphatic hydroxyl groups is 2. The molecule has 1 fully saturated rings. The fourth-order valence-electron chi connectivity index (χ4n) is 7.19. The van der Waals surface area contributed by atoms with Crippen LogP contribution in [-0.2, 0) is 34.4 Å². The number of aromatic nitrogens is 1. The number of nitrogens with zero attached hydrogens (tertiary/aromatic N) is 6. The van der Waals surface area contributed by atoms with Crippen molar-refractivity contribution in [2.45, 2.75) is 159 Å². The Kier molecular flexibility index (Phi) is 20.0. The van der Waals surface area contributed by atoms with Gasteiger partial charge in [0, 0.05) is 19.0 Å². The highest BCUT2D eigenvalue weighted by Gasteiger charge is 2.59. The van der Waals surface area contributed by atoms with Crippen LogP contribution in [0.15, 0.2) is 40.3 Å². The summed E-state index contributed by atoms with van der Waals surface area (Å²) in [6.07, 6.45) is 21.3. The van der Waals surface area contributed by atoms with Crippen LogP contribution >= 0.6 is 7.82 Å². The Morgan fingerprint density at radius 1 is 0.982 bits per heavy atom. The number of hydrogen-bond acceptors (Lipinski definition) is 15. The summed E-state index contributed by atoms with van der Waals surface area (Å²) in [7, 11) is -4.86. The fourth-order valence-corrected chi connectivity index (χ4v) is 7.97. The van der Waals surface area contributed by atoms with Crippen molar-refractivity contribution in [2.75, 3.05) is 26.4 Å². The van der Waals surface area contributed by atoms with E-state index in [9.17, 15) is 30.2 Å². The summed E-state index contributed by atoms with van der Waals surface area (Å²) in [5.74, 6) is 0.217. The second-order valence-corrected chi connectivity index (χ2v) is 16.5. The van der Waals surface area contributed by atoms with E-state index in [1.165, 1.54) is 101 Å². The van der Waals surface area contributed by atoms with Gasteiger partial charge in [0.2, 0.25) is 5.60 Å². The number of hydrazone groups is 1. The van der Waals surface area contributed by atoms with Gasteiger partial charge >= 0.3 is 7.82 Å². The first kappa shape index (κ1) is 46.4. The smallest absolute Gasteiger partial charge is 0.387 e. The minimum atomic E-state index is -4.86. The van der Waals surface area contributed by atoms with E-state index in [0.717, 1.165) is 19.3 Å². The lowest BCUT2D eigenvalue weighted by atomic mass is 9.94. The summed E-state index contributed by atoms with van der Waals surface area (Å²) in [6.45, 7) is 1.50. The van der Waals surface area contributed by atoms with Crippen LogP contribution in [0.5, 0.6) is 0 Å². The van der Waals surface area contributed by atoms with E-state index >= 15 is 0 Å². The fraction of sp³-hybridized carbons (Fsp3) is 0.725. The van der Waals surface area contributed by atoms with Crippen LogP contribution in [0.1, 0.15) is 127 Å². The summed E-state index contributed by atoms with van der Waals surface area (Å²) >= 11 is 0. The van der Waals surface area contributed by atoms with Crippen LogP contribution in [-0.4, -0.2) is 99.8 Å². The van der Waals surface area contributed by atoms with Crippen LogP contribution in [0.25, 0.3) is 0 Å². The number of ether oxygens (including phenoxy) is 3. The molecule has 3 aliphatic heterocycles. The predicted molar refractivity (Wildman–Crippen MR) is 213 cm³/mol. The Bertz CT molecular complexity index is 1600. The average molecular weight is 816 g/mol. The number of phosphoric acid groups is 1. The van der Waals surface area contributed by atoms with Crippen LogP contribution in [0.3, 0.4) is 0 Å². The lowest BCUT2D eigenvalue weighted by Gasteiger charge is -2.31. The standard InChI is InChI=1S/C40H62N7O9P/c1-2-3-4-5-6-7-8-9-10-11-12-13-14-15-16-17-20-52-26-33(53-25-32-21-31(22-41)23-44-24-32)27-54-57(50,51)55-29-40(28-42)38(49)36(48)37(56-40)34-18-19-35-39(43)45-30-46-47(34)35/h19,21,23-24,30,33-34,36-38,48-49H,2-18,20,25-27,29H2,1H3,(H,50,51)(H2,43,45,46)/t33-,34?,36+,37+,38+,40-/m1/s1. The second-order valence-electron chi connectivity index (χ2n) is 15.0. The Morgan fingerprint density at radius 2 is 1.63 bits per heavy atom. The van der Waals surface area contributed by atoms with Gasteiger partial charge in [0.25, 0.3) is 0 Å². The molecule has 4 heterocycles. The van der Waals surface area contributed by atoms with Gasteiger partial charge in [0.05, 0.1) is 37.1 Å². The number of aliphatic imine (C=N–C) groups is 1. The third-order valence-corrected chi connectivity index (χ3v) is 11.5. The zero-order chi connectivity index (χ0) is 40.9. The maximum Gasteiger partial charge on any atom is 0.472 e. The number of nitrogens with two attached hydrogens (primary N) is 1.